The summed E-state index contributed by atoms with van der Waals surface area (Å²) in [6.07, 6.45) is -4.45. The Morgan fingerprint density at radius 3 is 2.61 bits per heavy atom. The molecule has 7 nitrogen and oxygen atoms in total. The first-order valence-electron chi connectivity index (χ1n) is 4.76. The summed E-state index contributed by atoms with van der Waals surface area (Å²) < 4.78 is 37.5. The van der Waals surface area contributed by atoms with E-state index in [-0.39, 0.29) is 12.4 Å². The molecule has 98 valence electrons. The summed E-state index contributed by atoms with van der Waals surface area (Å²) in [5.74, 6) is 0. The molecular weight excluding hydrogens is 255 g/mol. The Hall–Kier alpha value is -2.07. The Labute approximate surface area is 98.8 Å². The second-order valence-electron chi connectivity index (χ2n) is 3.48. The lowest BCUT2D eigenvalue weighted by Crippen LogP contribution is -2.40. The number of benzene rings is 1. The average Bonchev–Trinajstić information content (AvgIpc) is 2.77. The summed E-state index contributed by atoms with van der Waals surface area (Å²) in [5, 5.41) is 11.5. The summed E-state index contributed by atoms with van der Waals surface area (Å²) in [7, 11) is 0. The van der Waals surface area contributed by atoms with Crippen LogP contribution in [0.5, 0.6) is 0 Å². The minimum atomic E-state index is -4.45. The van der Waals surface area contributed by atoms with E-state index in [0.717, 1.165) is 12.1 Å². The zero-order chi connectivity index (χ0) is 13.3. The van der Waals surface area contributed by atoms with E-state index in [4.69, 9.17) is 0 Å². The van der Waals surface area contributed by atoms with Crippen molar-refractivity contribution in [2.75, 3.05) is 11.7 Å². The van der Waals surface area contributed by atoms with Crippen LogP contribution < -0.4 is 16.1 Å². The highest BCUT2D eigenvalue weighted by molar-refractivity contribution is 5.48. The van der Waals surface area contributed by atoms with Crippen LogP contribution in [0.1, 0.15) is 5.56 Å². The molecule has 1 aromatic rings. The maximum absolute atomic E-state index is 12.5. The van der Waals surface area contributed by atoms with Gasteiger partial charge in [-0.2, -0.15) is 13.2 Å². The minimum Gasteiger partial charge on any atom is -0.266 e. The number of nitro groups is 1. The number of rotatable bonds is 2. The van der Waals surface area contributed by atoms with Crippen LogP contribution in [0.4, 0.5) is 18.9 Å². The van der Waals surface area contributed by atoms with Gasteiger partial charge in [-0.15, -0.1) is 5.53 Å². The van der Waals surface area contributed by atoms with Gasteiger partial charge in [0, 0.05) is 0 Å². The summed E-state index contributed by atoms with van der Waals surface area (Å²) >= 11 is 0. The molecule has 0 aliphatic carbocycles. The lowest BCUT2D eigenvalue weighted by Gasteiger charge is -2.16. The predicted molar refractivity (Wildman–Crippen MR) is 53.9 cm³/mol. The van der Waals surface area contributed by atoms with Crippen molar-refractivity contribution in [3.05, 3.63) is 39.9 Å². The smallest absolute Gasteiger partial charge is 0.266 e. The Balaban J connectivity index is 2.18. The third-order valence-electron chi connectivity index (χ3n) is 2.27. The minimum absolute atomic E-state index is 0.168. The highest BCUT2D eigenvalue weighted by Crippen LogP contribution is 2.31. The lowest BCUT2D eigenvalue weighted by atomic mass is 10.2. The van der Waals surface area contributed by atoms with Gasteiger partial charge in [0.2, 0.25) is 0 Å². The van der Waals surface area contributed by atoms with Gasteiger partial charge in [-0.05, 0) is 23.3 Å². The van der Waals surface area contributed by atoms with Gasteiger partial charge >= 0.3 is 6.18 Å². The summed E-state index contributed by atoms with van der Waals surface area (Å²) in [4.78, 5) is 10.4. The molecule has 0 amide bonds. The van der Waals surface area contributed by atoms with Gasteiger partial charge in [0.05, 0.1) is 11.3 Å². The molecule has 0 radical (unpaired) electrons. The van der Waals surface area contributed by atoms with E-state index in [0.29, 0.717) is 5.12 Å². The van der Waals surface area contributed by atoms with E-state index >= 15 is 0 Å². The van der Waals surface area contributed by atoms with E-state index in [9.17, 15) is 23.3 Å². The van der Waals surface area contributed by atoms with Crippen LogP contribution in [0, 0.1) is 10.1 Å². The molecule has 0 atom stereocenters. The first-order chi connectivity index (χ1) is 8.38. The fraction of sp³-hybridized carbons (Fsp3) is 0.250. The average molecular weight is 263 g/mol. The van der Waals surface area contributed by atoms with E-state index < -0.39 is 16.8 Å². The first kappa shape index (κ1) is 12.4. The first-order valence-corrected chi connectivity index (χ1v) is 4.76. The van der Waals surface area contributed by atoms with Crippen LogP contribution in [0.15, 0.2) is 24.3 Å². The van der Waals surface area contributed by atoms with E-state index in [1.165, 1.54) is 17.1 Å². The molecule has 1 aliphatic rings. The molecule has 2 N–H and O–H groups in total. The number of halogens is 3. The number of anilines is 1. The highest BCUT2D eigenvalue weighted by Gasteiger charge is 2.32. The van der Waals surface area contributed by atoms with Crippen LogP contribution in [-0.2, 0) is 6.18 Å². The Morgan fingerprint density at radius 2 is 2.06 bits per heavy atom. The lowest BCUT2D eigenvalue weighted by molar-refractivity contribution is -0.666. The summed E-state index contributed by atoms with van der Waals surface area (Å²) in [6.45, 7) is -0.228. The molecule has 1 saturated heterocycles. The third-order valence-corrected chi connectivity index (χ3v) is 2.27. The van der Waals surface area contributed by atoms with Gasteiger partial charge < -0.3 is 0 Å². The van der Waals surface area contributed by atoms with Crippen LogP contribution >= 0.6 is 0 Å². The SMILES string of the molecule is O=[N+]([O-])N1CN(c2cccc(C(F)(F)F)c2)NN1. The van der Waals surface area contributed by atoms with E-state index in [2.05, 4.69) is 11.1 Å². The normalized spacial score (nSPS) is 16.2. The quantitative estimate of drug-likeness (QED) is 0.610. The van der Waals surface area contributed by atoms with Crippen molar-refractivity contribution in [2.45, 2.75) is 6.18 Å². The van der Waals surface area contributed by atoms with Gasteiger partial charge in [0.25, 0.3) is 0 Å². The van der Waals surface area contributed by atoms with E-state index in [1.54, 1.807) is 0 Å². The van der Waals surface area contributed by atoms with Crippen molar-refractivity contribution in [1.29, 1.82) is 0 Å². The number of alkyl halides is 3. The Bertz CT molecular complexity index is 466. The van der Waals surface area contributed by atoms with Crippen LogP contribution in [0.3, 0.4) is 0 Å². The molecule has 1 aromatic carbocycles. The molecule has 1 fully saturated rings. The fourth-order valence-corrected chi connectivity index (χ4v) is 1.41. The van der Waals surface area contributed by atoms with Crippen LogP contribution in [-0.4, -0.2) is 16.8 Å². The molecule has 0 bridgehead atoms. The zero-order valence-corrected chi connectivity index (χ0v) is 8.81. The standard InChI is InChI=1S/C8H8F3N5O2/c9-8(10,11)6-2-1-3-7(4-6)14-5-15(13-12-14)16(17)18/h1-4,12-13H,5H2. The highest BCUT2D eigenvalue weighted by atomic mass is 19.4. The number of hydrazine groups is 4. The van der Waals surface area contributed by atoms with Crippen molar-refractivity contribution in [2.24, 2.45) is 0 Å². The molecule has 0 saturated carbocycles. The van der Waals surface area contributed by atoms with Gasteiger partial charge in [0.15, 0.2) is 11.7 Å². The maximum atomic E-state index is 12.5. The zero-order valence-electron chi connectivity index (χ0n) is 8.81. The third kappa shape index (κ3) is 2.43. The predicted octanol–water partition coefficient (Wildman–Crippen LogP) is 0.901. The molecule has 0 spiro atoms. The number of hydrogen-bond donors (Lipinski definition) is 2. The van der Waals surface area contributed by atoms with Crippen molar-refractivity contribution in [1.82, 2.24) is 16.2 Å². The molecule has 0 unspecified atom stereocenters. The van der Waals surface area contributed by atoms with Crippen molar-refractivity contribution in [3.8, 4) is 0 Å². The summed E-state index contributed by atoms with van der Waals surface area (Å²) in [5.41, 5.74) is 3.92. The maximum Gasteiger partial charge on any atom is 0.416 e. The topological polar surface area (TPSA) is 73.7 Å². The van der Waals surface area contributed by atoms with Gasteiger partial charge in [-0.3, -0.25) is 5.01 Å². The van der Waals surface area contributed by atoms with Crippen molar-refractivity contribution < 1.29 is 18.2 Å². The van der Waals surface area contributed by atoms with Gasteiger partial charge in [0.1, 0.15) is 0 Å². The van der Waals surface area contributed by atoms with Crippen molar-refractivity contribution >= 4 is 5.69 Å². The number of nitrogens with zero attached hydrogens (tertiary/aromatic N) is 3. The Kier molecular flexibility index (Phi) is 2.97. The fourth-order valence-electron chi connectivity index (χ4n) is 1.41. The largest absolute Gasteiger partial charge is 0.416 e. The van der Waals surface area contributed by atoms with Crippen molar-refractivity contribution in [3.63, 3.8) is 0 Å². The number of nitrogens with one attached hydrogen (secondary N) is 2. The van der Waals surface area contributed by atoms with Gasteiger partial charge in [-0.25, -0.2) is 10.1 Å². The van der Waals surface area contributed by atoms with Crippen LogP contribution in [0.2, 0.25) is 0 Å². The Morgan fingerprint density at radius 1 is 1.33 bits per heavy atom. The molecule has 1 aliphatic heterocycles. The number of hydrogen-bond acceptors (Lipinski definition) is 5. The molecule has 10 heteroatoms. The monoisotopic (exact) mass is 263 g/mol. The molecule has 18 heavy (non-hydrogen) atoms. The molecule has 2 rings (SSSR count). The van der Waals surface area contributed by atoms with Crippen LogP contribution in [0.25, 0.3) is 0 Å². The summed E-state index contributed by atoms with van der Waals surface area (Å²) in [6, 6.07) is 4.47. The molecule has 0 aromatic heterocycles. The van der Waals surface area contributed by atoms with Gasteiger partial charge in [-0.1, -0.05) is 11.6 Å². The second kappa shape index (κ2) is 4.31. The second-order valence-corrected chi connectivity index (χ2v) is 3.48. The molecule has 1 heterocycles. The van der Waals surface area contributed by atoms with E-state index in [1.807, 2.05) is 0 Å². The molecular formula is C8H8F3N5O2.